The summed E-state index contributed by atoms with van der Waals surface area (Å²) in [5.74, 6) is 0.824. The van der Waals surface area contributed by atoms with Gasteiger partial charge in [-0.05, 0) is 18.2 Å². The summed E-state index contributed by atoms with van der Waals surface area (Å²) in [6, 6.07) is 6.88. The number of benzene rings is 1. The molecule has 2 rings (SSSR count). The largest absolute Gasteiger partial charge is 0.399 e. The van der Waals surface area contributed by atoms with Crippen LogP contribution < -0.4 is 11.1 Å². The maximum Gasteiger partial charge on any atom is 0.321 e. The molecule has 0 radical (unpaired) electrons. The normalized spacial score (nSPS) is 10.2. The SMILES string of the molecule is CN(Cc1nccn1C)C(=O)Nc1cccc(N)c1. The van der Waals surface area contributed by atoms with Gasteiger partial charge < -0.3 is 20.5 Å². The average molecular weight is 259 g/mol. The second-order valence-electron chi connectivity index (χ2n) is 4.37. The predicted octanol–water partition coefficient (Wildman–Crippen LogP) is 1.67. The van der Waals surface area contributed by atoms with Crippen LogP contribution in [-0.2, 0) is 13.6 Å². The lowest BCUT2D eigenvalue weighted by Crippen LogP contribution is -2.31. The monoisotopic (exact) mass is 259 g/mol. The van der Waals surface area contributed by atoms with Gasteiger partial charge >= 0.3 is 6.03 Å². The number of amides is 2. The van der Waals surface area contributed by atoms with E-state index in [0.717, 1.165) is 5.82 Å². The fraction of sp³-hybridized carbons (Fsp3) is 0.231. The third-order valence-electron chi connectivity index (χ3n) is 2.78. The number of nitrogen functional groups attached to an aromatic ring is 1. The summed E-state index contributed by atoms with van der Waals surface area (Å²) in [7, 11) is 3.61. The molecule has 0 bridgehead atoms. The van der Waals surface area contributed by atoms with E-state index in [9.17, 15) is 4.79 Å². The Kier molecular flexibility index (Phi) is 3.70. The van der Waals surface area contributed by atoms with E-state index < -0.39 is 0 Å². The van der Waals surface area contributed by atoms with Crippen LogP contribution >= 0.6 is 0 Å². The molecule has 1 aromatic carbocycles. The highest BCUT2D eigenvalue weighted by Crippen LogP contribution is 2.12. The van der Waals surface area contributed by atoms with Crippen LogP contribution in [0, 0.1) is 0 Å². The van der Waals surface area contributed by atoms with E-state index in [1.807, 2.05) is 17.8 Å². The van der Waals surface area contributed by atoms with Crippen molar-refractivity contribution >= 4 is 17.4 Å². The van der Waals surface area contributed by atoms with Crippen molar-refractivity contribution in [3.63, 3.8) is 0 Å². The number of rotatable bonds is 3. The number of imidazole rings is 1. The summed E-state index contributed by atoms with van der Waals surface area (Å²) in [6.45, 7) is 0.442. The van der Waals surface area contributed by atoms with Crippen molar-refractivity contribution in [2.45, 2.75) is 6.54 Å². The van der Waals surface area contributed by atoms with Crippen LogP contribution in [0.15, 0.2) is 36.7 Å². The first kappa shape index (κ1) is 12.9. The molecule has 19 heavy (non-hydrogen) atoms. The number of nitrogens with one attached hydrogen (secondary N) is 1. The van der Waals surface area contributed by atoms with Gasteiger partial charge in [-0.15, -0.1) is 0 Å². The molecule has 0 atom stereocenters. The molecule has 0 aliphatic carbocycles. The van der Waals surface area contributed by atoms with Crippen LogP contribution in [0.1, 0.15) is 5.82 Å². The van der Waals surface area contributed by atoms with Crippen molar-refractivity contribution in [2.24, 2.45) is 7.05 Å². The van der Waals surface area contributed by atoms with Gasteiger partial charge in [-0.25, -0.2) is 9.78 Å². The maximum atomic E-state index is 12.0. The molecule has 0 unspecified atom stereocenters. The minimum absolute atomic E-state index is 0.200. The molecule has 0 spiro atoms. The minimum atomic E-state index is -0.200. The maximum absolute atomic E-state index is 12.0. The zero-order valence-electron chi connectivity index (χ0n) is 11.0. The quantitative estimate of drug-likeness (QED) is 0.823. The van der Waals surface area contributed by atoms with Crippen molar-refractivity contribution in [3.05, 3.63) is 42.5 Å². The van der Waals surface area contributed by atoms with Gasteiger partial charge in [0.05, 0.1) is 6.54 Å². The highest BCUT2D eigenvalue weighted by Gasteiger charge is 2.11. The third-order valence-corrected chi connectivity index (χ3v) is 2.78. The minimum Gasteiger partial charge on any atom is -0.399 e. The molecule has 6 nitrogen and oxygen atoms in total. The van der Waals surface area contributed by atoms with Crippen molar-refractivity contribution in [1.82, 2.24) is 14.5 Å². The van der Waals surface area contributed by atoms with Crippen molar-refractivity contribution in [2.75, 3.05) is 18.1 Å². The number of hydrogen-bond donors (Lipinski definition) is 2. The molecule has 1 aromatic heterocycles. The Bertz CT molecular complexity index is 578. The van der Waals surface area contributed by atoms with E-state index in [-0.39, 0.29) is 6.03 Å². The molecule has 0 aliphatic heterocycles. The first-order valence-electron chi connectivity index (χ1n) is 5.90. The van der Waals surface area contributed by atoms with Crippen LogP contribution in [-0.4, -0.2) is 27.5 Å². The fourth-order valence-corrected chi connectivity index (χ4v) is 1.67. The Morgan fingerprint density at radius 1 is 1.53 bits per heavy atom. The number of anilines is 2. The molecular formula is C13H17N5O. The summed E-state index contributed by atoms with van der Waals surface area (Å²) >= 11 is 0. The number of aromatic nitrogens is 2. The van der Waals surface area contributed by atoms with Crippen LogP contribution in [0.25, 0.3) is 0 Å². The summed E-state index contributed by atoms with van der Waals surface area (Å²) in [6.07, 6.45) is 3.55. The molecule has 0 saturated carbocycles. The van der Waals surface area contributed by atoms with Crippen LogP contribution in [0.5, 0.6) is 0 Å². The number of aryl methyl sites for hydroxylation is 1. The summed E-state index contributed by atoms with van der Waals surface area (Å²) in [4.78, 5) is 17.7. The van der Waals surface area contributed by atoms with Crippen LogP contribution in [0.2, 0.25) is 0 Å². The Labute approximate surface area is 111 Å². The number of carbonyl (C=O) groups excluding carboxylic acids is 1. The van der Waals surface area contributed by atoms with Gasteiger partial charge in [0.25, 0.3) is 0 Å². The van der Waals surface area contributed by atoms with Gasteiger partial charge in [0, 0.05) is 37.9 Å². The molecule has 100 valence electrons. The summed E-state index contributed by atoms with van der Waals surface area (Å²) in [5.41, 5.74) is 6.95. The van der Waals surface area contributed by atoms with Crippen molar-refractivity contribution < 1.29 is 4.79 Å². The molecule has 3 N–H and O–H groups in total. The van der Waals surface area contributed by atoms with Crippen molar-refractivity contribution in [3.8, 4) is 0 Å². The summed E-state index contributed by atoms with van der Waals surface area (Å²) in [5, 5.41) is 2.78. The molecular weight excluding hydrogens is 242 g/mol. The van der Waals surface area contributed by atoms with Gasteiger partial charge in [-0.1, -0.05) is 6.07 Å². The summed E-state index contributed by atoms with van der Waals surface area (Å²) < 4.78 is 1.88. The van der Waals surface area contributed by atoms with Gasteiger partial charge in [0.15, 0.2) is 0 Å². The first-order chi connectivity index (χ1) is 9.06. The van der Waals surface area contributed by atoms with E-state index in [4.69, 9.17) is 5.73 Å². The van der Waals surface area contributed by atoms with Gasteiger partial charge in [0.1, 0.15) is 5.82 Å². The molecule has 0 fully saturated rings. The third kappa shape index (κ3) is 3.25. The second kappa shape index (κ2) is 5.43. The number of nitrogens with two attached hydrogens (primary N) is 1. The standard InChI is InChI=1S/C13H17N5O/c1-17-7-6-15-12(17)9-18(2)13(19)16-11-5-3-4-10(14)8-11/h3-8H,9,14H2,1-2H3,(H,16,19). The van der Waals surface area contributed by atoms with Gasteiger partial charge in [-0.3, -0.25) is 0 Å². The number of urea groups is 1. The van der Waals surface area contributed by atoms with Crippen LogP contribution in [0.4, 0.5) is 16.2 Å². The van der Waals surface area contributed by atoms with E-state index in [1.165, 1.54) is 0 Å². The molecule has 2 aromatic rings. The molecule has 0 aliphatic rings. The van der Waals surface area contributed by atoms with Gasteiger partial charge in [0.2, 0.25) is 0 Å². The molecule has 2 amide bonds. The van der Waals surface area contributed by atoms with E-state index in [0.29, 0.717) is 17.9 Å². The zero-order chi connectivity index (χ0) is 13.8. The lowest BCUT2D eigenvalue weighted by molar-refractivity contribution is 0.219. The Morgan fingerprint density at radius 3 is 2.95 bits per heavy atom. The zero-order valence-corrected chi connectivity index (χ0v) is 11.0. The Morgan fingerprint density at radius 2 is 2.32 bits per heavy atom. The van der Waals surface area contributed by atoms with Gasteiger partial charge in [-0.2, -0.15) is 0 Å². The fourth-order valence-electron chi connectivity index (χ4n) is 1.67. The predicted molar refractivity (Wildman–Crippen MR) is 74.5 cm³/mol. The average Bonchev–Trinajstić information content (AvgIpc) is 2.75. The number of nitrogens with zero attached hydrogens (tertiary/aromatic N) is 3. The molecule has 0 saturated heterocycles. The molecule has 1 heterocycles. The van der Waals surface area contributed by atoms with E-state index in [2.05, 4.69) is 10.3 Å². The van der Waals surface area contributed by atoms with Crippen molar-refractivity contribution in [1.29, 1.82) is 0 Å². The topological polar surface area (TPSA) is 76.2 Å². The lowest BCUT2D eigenvalue weighted by Gasteiger charge is -2.17. The lowest BCUT2D eigenvalue weighted by atomic mass is 10.3. The Balaban J connectivity index is 1.98. The smallest absolute Gasteiger partial charge is 0.321 e. The number of carbonyl (C=O) groups is 1. The number of hydrogen-bond acceptors (Lipinski definition) is 3. The van der Waals surface area contributed by atoms with E-state index in [1.54, 1.807) is 42.4 Å². The first-order valence-corrected chi connectivity index (χ1v) is 5.90. The Hall–Kier alpha value is -2.50. The molecule has 6 heteroatoms. The van der Waals surface area contributed by atoms with Crippen LogP contribution in [0.3, 0.4) is 0 Å². The second-order valence-corrected chi connectivity index (χ2v) is 4.37. The van der Waals surface area contributed by atoms with E-state index >= 15 is 0 Å². The highest BCUT2D eigenvalue weighted by molar-refractivity contribution is 5.89. The highest BCUT2D eigenvalue weighted by atomic mass is 16.2.